The fourth-order valence-corrected chi connectivity index (χ4v) is 1.28. The Morgan fingerprint density at radius 2 is 2.14 bits per heavy atom. The van der Waals surface area contributed by atoms with E-state index < -0.39 is 17.4 Å². The van der Waals surface area contributed by atoms with E-state index in [1.54, 1.807) is 0 Å². The molecule has 14 heavy (non-hydrogen) atoms. The second-order valence-corrected chi connectivity index (χ2v) is 3.33. The maximum atomic E-state index is 12.2. The summed E-state index contributed by atoms with van der Waals surface area (Å²) in [6.45, 7) is 1.49. The number of carbonyl (C=O) groups excluding carboxylic acids is 1. The van der Waals surface area contributed by atoms with Gasteiger partial charge in [0.1, 0.15) is 11.4 Å². The predicted octanol–water partition coefficient (Wildman–Crippen LogP) is 3.36. The lowest BCUT2D eigenvalue weighted by molar-refractivity contribution is 0.107. The molecule has 0 bridgehead atoms. The molecule has 0 aliphatic rings. The highest BCUT2D eigenvalue weighted by atomic mass is 35.5. The third-order valence-corrected chi connectivity index (χ3v) is 2.21. The van der Waals surface area contributed by atoms with E-state index >= 15 is 0 Å². The molecule has 0 spiro atoms. The van der Waals surface area contributed by atoms with Gasteiger partial charge in [0.15, 0.2) is 0 Å². The quantitative estimate of drug-likeness (QED) is 0.742. The number of carbonyl (C=O) groups is 1. The zero-order valence-electron chi connectivity index (χ0n) is 7.02. The SMILES string of the molecule is Cc1c(Cl)cc(C(F)F)nc1C(=O)Cl. The lowest BCUT2D eigenvalue weighted by Gasteiger charge is -2.05. The normalized spacial score (nSPS) is 10.7. The van der Waals surface area contributed by atoms with Crippen molar-refractivity contribution in [1.82, 2.24) is 4.98 Å². The molecule has 0 radical (unpaired) electrons. The first kappa shape index (κ1) is 11.3. The summed E-state index contributed by atoms with van der Waals surface area (Å²) in [5.41, 5.74) is -0.477. The van der Waals surface area contributed by atoms with Crippen LogP contribution in [-0.4, -0.2) is 10.2 Å². The second kappa shape index (κ2) is 4.19. The molecule has 1 aromatic rings. The molecule has 1 aromatic heterocycles. The monoisotopic (exact) mass is 239 g/mol. The molecule has 0 N–H and O–H groups in total. The zero-order valence-corrected chi connectivity index (χ0v) is 8.53. The Balaban J connectivity index is 3.35. The van der Waals surface area contributed by atoms with Crippen LogP contribution in [0, 0.1) is 6.92 Å². The van der Waals surface area contributed by atoms with Crippen LogP contribution in [0.15, 0.2) is 6.07 Å². The zero-order chi connectivity index (χ0) is 10.9. The summed E-state index contributed by atoms with van der Waals surface area (Å²) >= 11 is 10.8. The molecule has 76 valence electrons. The van der Waals surface area contributed by atoms with E-state index in [0.29, 0.717) is 5.56 Å². The lowest BCUT2D eigenvalue weighted by atomic mass is 10.2. The van der Waals surface area contributed by atoms with E-state index in [0.717, 1.165) is 6.07 Å². The summed E-state index contributed by atoms with van der Waals surface area (Å²) in [7, 11) is 0. The standard InChI is InChI=1S/C8H5Cl2F2NO/c1-3-4(9)2-5(8(11)12)13-6(3)7(10)14/h2,8H,1H3. The lowest BCUT2D eigenvalue weighted by Crippen LogP contribution is -2.03. The fraction of sp³-hybridized carbons (Fsp3) is 0.250. The molecule has 0 fully saturated rings. The Hall–Kier alpha value is -0.740. The molecule has 1 rings (SSSR count). The average Bonchev–Trinajstić information content (AvgIpc) is 2.08. The largest absolute Gasteiger partial charge is 0.280 e. The van der Waals surface area contributed by atoms with Crippen LogP contribution in [0.2, 0.25) is 5.02 Å². The number of pyridine rings is 1. The average molecular weight is 240 g/mol. The van der Waals surface area contributed by atoms with Crippen molar-refractivity contribution in [2.45, 2.75) is 13.3 Å². The summed E-state index contributed by atoms with van der Waals surface area (Å²) in [5.74, 6) is 0. The summed E-state index contributed by atoms with van der Waals surface area (Å²) < 4.78 is 24.5. The van der Waals surface area contributed by atoms with Crippen LogP contribution in [-0.2, 0) is 0 Å². The Morgan fingerprint density at radius 3 is 2.57 bits per heavy atom. The van der Waals surface area contributed by atoms with Crippen LogP contribution in [0.4, 0.5) is 8.78 Å². The Morgan fingerprint density at radius 1 is 1.57 bits per heavy atom. The minimum absolute atomic E-state index is 0.0549. The third-order valence-electron chi connectivity index (χ3n) is 1.64. The summed E-state index contributed by atoms with van der Waals surface area (Å²) in [6, 6.07) is 1.02. The van der Waals surface area contributed by atoms with Crippen LogP contribution < -0.4 is 0 Å². The van der Waals surface area contributed by atoms with Crippen molar-refractivity contribution < 1.29 is 13.6 Å². The van der Waals surface area contributed by atoms with Gasteiger partial charge in [-0.1, -0.05) is 11.6 Å². The van der Waals surface area contributed by atoms with Gasteiger partial charge in [0, 0.05) is 5.02 Å². The van der Waals surface area contributed by atoms with Crippen LogP contribution in [0.25, 0.3) is 0 Å². The van der Waals surface area contributed by atoms with Crippen LogP contribution in [0.5, 0.6) is 0 Å². The minimum atomic E-state index is -2.78. The number of nitrogens with zero attached hydrogens (tertiary/aromatic N) is 1. The Labute approximate surface area is 88.8 Å². The van der Waals surface area contributed by atoms with Crippen molar-refractivity contribution in [2.24, 2.45) is 0 Å². The molecule has 0 aliphatic carbocycles. The molecule has 6 heteroatoms. The maximum absolute atomic E-state index is 12.2. The summed E-state index contributed by atoms with van der Waals surface area (Å²) in [6.07, 6.45) is -2.78. The van der Waals surface area contributed by atoms with Gasteiger partial charge >= 0.3 is 0 Å². The van der Waals surface area contributed by atoms with E-state index in [1.807, 2.05) is 0 Å². The topological polar surface area (TPSA) is 30.0 Å². The maximum Gasteiger partial charge on any atom is 0.280 e. The highest BCUT2D eigenvalue weighted by Crippen LogP contribution is 2.25. The first-order valence-electron chi connectivity index (χ1n) is 3.58. The van der Waals surface area contributed by atoms with Gasteiger partial charge in [0.2, 0.25) is 0 Å². The van der Waals surface area contributed by atoms with Crippen molar-refractivity contribution in [2.75, 3.05) is 0 Å². The number of hydrogen-bond donors (Lipinski definition) is 0. The second-order valence-electron chi connectivity index (χ2n) is 2.58. The van der Waals surface area contributed by atoms with E-state index in [4.69, 9.17) is 23.2 Å². The number of hydrogen-bond acceptors (Lipinski definition) is 2. The Kier molecular flexibility index (Phi) is 3.39. The highest BCUT2D eigenvalue weighted by molar-refractivity contribution is 6.67. The summed E-state index contributed by atoms with van der Waals surface area (Å²) in [5, 5.41) is -0.841. The van der Waals surface area contributed by atoms with Gasteiger partial charge in [-0.3, -0.25) is 4.79 Å². The van der Waals surface area contributed by atoms with Gasteiger partial charge in [-0.25, -0.2) is 13.8 Å². The van der Waals surface area contributed by atoms with Crippen molar-refractivity contribution in [3.63, 3.8) is 0 Å². The van der Waals surface area contributed by atoms with Gasteiger partial charge < -0.3 is 0 Å². The molecule has 0 saturated heterocycles. The number of halogens is 4. The van der Waals surface area contributed by atoms with Gasteiger partial charge in [-0.15, -0.1) is 0 Å². The highest BCUT2D eigenvalue weighted by Gasteiger charge is 2.17. The smallest absolute Gasteiger partial charge is 0.274 e. The van der Waals surface area contributed by atoms with Gasteiger partial charge in [0.05, 0.1) is 0 Å². The van der Waals surface area contributed by atoms with Crippen molar-refractivity contribution in [3.8, 4) is 0 Å². The molecular formula is C8H5Cl2F2NO. The molecule has 0 aromatic carbocycles. The van der Waals surface area contributed by atoms with E-state index in [-0.39, 0.29) is 10.7 Å². The van der Waals surface area contributed by atoms with Crippen molar-refractivity contribution >= 4 is 28.4 Å². The van der Waals surface area contributed by atoms with Gasteiger partial charge in [-0.05, 0) is 30.2 Å². The Bertz CT molecular complexity index is 382. The van der Waals surface area contributed by atoms with Crippen LogP contribution >= 0.6 is 23.2 Å². The number of rotatable bonds is 2. The van der Waals surface area contributed by atoms with Crippen molar-refractivity contribution in [1.29, 1.82) is 0 Å². The van der Waals surface area contributed by atoms with E-state index in [1.165, 1.54) is 6.92 Å². The molecule has 0 aliphatic heterocycles. The van der Waals surface area contributed by atoms with E-state index in [9.17, 15) is 13.6 Å². The van der Waals surface area contributed by atoms with Crippen molar-refractivity contribution in [3.05, 3.63) is 28.0 Å². The fourth-order valence-electron chi connectivity index (χ4n) is 0.900. The van der Waals surface area contributed by atoms with Crippen LogP contribution in [0.1, 0.15) is 28.2 Å². The van der Waals surface area contributed by atoms with Gasteiger partial charge in [0.25, 0.3) is 11.7 Å². The molecule has 1 heterocycles. The summed E-state index contributed by atoms with van der Waals surface area (Å²) in [4.78, 5) is 14.2. The molecule has 0 saturated carbocycles. The molecule has 2 nitrogen and oxygen atoms in total. The molecule has 0 atom stereocenters. The van der Waals surface area contributed by atoms with E-state index in [2.05, 4.69) is 4.98 Å². The molecular weight excluding hydrogens is 235 g/mol. The third kappa shape index (κ3) is 2.19. The number of alkyl halides is 2. The van der Waals surface area contributed by atoms with Gasteiger partial charge in [-0.2, -0.15) is 0 Å². The van der Waals surface area contributed by atoms with Crippen LogP contribution in [0.3, 0.4) is 0 Å². The predicted molar refractivity (Wildman–Crippen MR) is 49.1 cm³/mol. The number of aromatic nitrogens is 1. The minimum Gasteiger partial charge on any atom is -0.274 e. The molecule has 0 unspecified atom stereocenters. The first-order valence-corrected chi connectivity index (χ1v) is 4.34. The first-order chi connectivity index (χ1) is 6.43. The molecule has 0 amide bonds.